The fourth-order valence-corrected chi connectivity index (χ4v) is 3.53. The Morgan fingerprint density at radius 1 is 0.714 bits per heavy atom. The van der Waals surface area contributed by atoms with Crippen molar-refractivity contribution in [3.05, 3.63) is 12.2 Å². The van der Waals surface area contributed by atoms with Crippen LogP contribution in [-0.2, 0) is 9.53 Å². The Balaban J connectivity index is 3.35. The fraction of sp³-hybridized carbons (Fsp3) is 0.880. The molecular weight excluding hydrogens is 346 g/mol. The van der Waals surface area contributed by atoms with E-state index in [1.165, 1.54) is 96.3 Å². The van der Waals surface area contributed by atoms with Gasteiger partial charge >= 0.3 is 5.97 Å². The van der Waals surface area contributed by atoms with Crippen LogP contribution in [0.3, 0.4) is 0 Å². The van der Waals surface area contributed by atoms with Crippen molar-refractivity contribution in [1.82, 2.24) is 0 Å². The second-order valence-electron chi connectivity index (χ2n) is 9.25. The summed E-state index contributed by atoms with van der Waals surface area (Å²) in [4.78, 5) is 11.4. The zero-order valence-electron chi connectivity index (χ0n) is 19.7. The van der Waals surface area contributed by atoms with Crippen molar-refractivity contribution in [1.29, 1.82) is 0 Å². The highest BCUT2D eigenvalue weighted by atomic mass is 16.5. The van der Waals surface area contributed by atoms with Gasteiger partial charge in [0.15, 0.2) is 0 Å². The van der Waals surface area contributed by atoms with Crippen LogP contribution in [0.25, 0.3) is 0 Å². The van der Waals surface area contributed by atoms with Crippen LogP contribution in [0.2, 0.25) is 0 Å². The number of unbranched alkanes of at least 4 members (excludes halogenated alkanes) is 14. The van der Waals surface area contributed by atoms with Crippen LogP contribution in [0.4, 0.5) is 0 Å². The van der Waals surface area contributed by atoms with Gasteiger partial charge in [0, 0.05) is 5.57 Å². The molecule has 0 aromatic heterocycles. The second kappa shape index (κ2) is 18.2. The van der Waals surface area contributed by atoms with Crippen molar-refractivity contribution in [2.24, 2.45) is 0 Å². The lowest BCUT2D eigenvalue weighted by Gasteiger charge is -2.29. The first-order valence-corrected chi connectivity index (χ1v) is 12.0. The van der Waals surface area contributed by atoms with Gasteiger partial charge in [-0.25, -0.2) is 4.79 Å². The van der Waals surface area contributed by atoms with Crippen LogP contribution in [0.5, 0.6) is 0 Å². The predicted molar refractivity (Wildman–Crippen MR) is 123 cm³/mol. The highest BCUT2D eigenvalue weighted by Gasteiger charge is 2.15. The molecule has 0 aromatic carbocycles. The van der Waals surface area contributed by atoms with E-state index in [4.69, 9.17) is 4.74 Å². The third kappa shape index (κ3) is 18.5. The molecule has 166 valence electrons. The molecular formula is C25H50NO2+. The minimum atomic E-state index is -0.271. The molecule has 0 radical (unpaired) electrons. The number of rotatable bonds is 20. The first-order valence-electron chi connectivity index (χ1n) is 12.0. The predicted octanol–water partition coefficient (Wildman–Crippen LogP) is 7.05. The summed E-state index contributed by atoms with van der Waals surface area (Å²) in [5, 5.41) is 0. The van der Waals surface area contributed by atoms with Crippen LogP contribution in [0, 0.1) is 0 Å². The summed E-state index contributed by atoms with van der Waals surface area (Å²) >= 11 is 0. The summed E-state index contributed by atoms with van der Waals surface area (Å²) in [6, 6.07) is 0. The molecule has 28 heavy (non-hydrogen) atoms. The van der Waals surface area contributed by atoms with Gasteiger partial charge in [0.25, 0.3) is 0 Å². The average molecular weight is 397 g/mol. The second-order valence-corrected chi connectivity index (χ2v) is 9.25. The number of carbonyl (C=O) groups excluding carboxylic acids is 1. The Bertz CT molecular complexity index is 390. The van der Waals surface area contributed by atoms with Gasteiger partial charge in [-0.2, -0.15) is 0 Å². The fourth-order valence-electron chi connectivity index (χ4n) is 3.53. The summed E-state index contributed by atoms with van der Waals surface area (Å²) in [6.07, 6.45) is 21.0. The molecule has 0 saturated heterocycles. The van der Waals surface area contributed by atoms with Crippen LogP contribution in [-0.4, -0.2) is 44.2 Å². The summed E-state index contributed by atoms with van der Waals surface area (Å²) in [7, 11) is 4.44. The lowest BCUT2D eigenvalue weighted by atomic mass is 10.0. The Kier molecular flexibility index (Phi) is 17.7. The summed E-state index contributed by atoms with van der Waals surface area (Å²) in [6.45, 7) is 10.1. The lowest BCUT2D eigenvalue weighted by molar-refractivity contribution is -0.890. The van der Waals surface area contributed by atoms with E-state index in [0.29, 0.717) is 12.2 Å². The van der Waals surface area contributed by atoms with Crippen molar-refractivity contribution in [3.8, 4) is 0 Å². The number of likely N-dealkylation sites (N-methyl/N-ethyl adjacent to an activating group) is 1. The summed E-state index contributed by atoms with van der Waals surface area (Å²) in [5.41, 5.74) is 0.479. The standard InChI is InChI=1S/C25H50NO2/c1-6-7-8-9-10-11-12-13-14-15-16-17-18-19-20-21-26(4,5)22-23-28-25(27)24(2)3/h2,6-23H2,1,3-5H3/q+1. The van der Waals surface area contributed by atoms with Gasteiger partial charge in [-0.1, -0.05) is 97.0 Å². The Hall–Kier alpha value is -0.830. The number of esters is 1. The van der Waals surface area contributed by atoms with Crippen LogP contribution in [0.15, 0.2) is 12.2 Å². The van der Waals surface area contributed by atoms with Crippen molar-refractivity contribution in [2.75, 3.05) is 33.8 Å². The molecule has 0 heterocycles. The van der Waals surface area contributed by atoms with E-state index in [2.05, 4.69) is 27.6 Å². The minimum absolute atomic E-state index is 0.271. The van der Waals surface area contributed by atoms with Gasteiger partial charge in [0.05, 0.1) is 20.6 Å². The smallest absolute Gasteiger partial charge is 0.333 e. The first-order chi connectivity index (χ1) is 13.4. The van der Waals surface area contributed by atoms with Crippen LogP contribution < -0.4 is 0 Å². The summed E-state index contributed by atoms with van der Waals surface area (Å²) < 4.78 is 6.13. The molecule has 0 aliphatic rings. The van der Waals surface area contributed by atoms with E-state index < -0.39 is 0 Å². The number of quaternary nitrogens is 1. The molecule has 0 atom stereocenters. The van der Waals surface area contributed by atoms with Crippen molar-refractivity contribution in [2.45, 2.75) is 110 Å². The van der Waals surface area contributed by atoms with E-state index in [1.807, 2.05) is 0 Å². The average Bonchev–Trinajstić information content (AvgIpc) is 2.64. The van der Waals surface area contributed by atoms with Crippen LogP contribution in [0.1, 0.15) is 110 Å². The van der Waals surface area contributed by atoms with Crippen LogP contribution >= 0.6 is 0 Å². The Morgan fingerprint density at radius 3 is 1.50 bits per heavy atom. The largest absolute Gasteiger partial charge is 0.456 e. The summed E-state index contributed by atoms with van der Waals surface area (Å²) in [5.74, 6) is -0.271. The molecule has 0 aliphatic heterocycles. The van der Waals surface area contributed by atoms with Gasteiger partial charge < -0.3 is 9.22 Å². The van der Waals surface area contributed by atoms with E-state index in [-0.39, 0.29) is 5.97 Å². The highest BCUT2D eigenvalue weighted by molar-refractivity contribution is 5.86. The van der Waals surface area contributed by atoms with E-state index in [9.17, 15) is 4.79 Å². The number of ether oxygens (including phenoxy) is 1. The topological polar surface area (TPSA) is 26.3 Å². The molecule has 0 aliphatic carbocycles. The van der Waals surface area contributed by atoms with E-state index >= 15 is 0 Å². The number of hydrogen-bond donors (Lipinski definition) is 0. The molecule has 0 amide bonds. The van der Waals surface area contributed by atoms with Crippen molar-refractivity contribution in [3.63, 3.8) is 0 Å². The molecule has 3 heteroatoms. The monoisotopic (exact) mass is 396 g/mol. The molecule has 0 fully saturated rings. The normalized spacial score (nSPS) is 11.6. The molecule has 0 bridgehead atoms. The number of nitrogens with zero attached hydrogens (tertiary/aromatic N) is 1. The number of carbonyl (C=O) groups is 1. The number of hydrogen-bond acceptors (Lipinski definition) is 2. The van der Waals surface area contributed by atoms with Crippen molar-refractivity contribution < 1.29 is 14.0 Å². The molecule has 0 saturated carbocycles. The zero-order chi connectivity index (χ0) is 21.1. The maximum atomic E-state index is 11.4. The van der Waals surface area contributed by atoms with Crippen molar-refractivity contribution >= 4 is 5.97 Å². The third-order valence-corrected chi connectivity index (χ3v) is 5.65. The highest BCUT2D eigenvalue weighted by Crippen LogP contribution is 2.13. The molecule has 3 nitrogen and oxygen atoms in total. The maximum Gasteiger partial charge on any atom is 0.333 e. The van der Waals surface area contributed by atoms with Gasteiger partial charge in [0.2, 0.25) is 0 Å². The zero-order valence-corrected chi connectivity index (χ0v) is 19.7. The van der Waals surface area contributed by atoms with E-state index in [1.54, 1.807) is 6.92 Å². The molecule has 0 N–H and O–H groups in total. The molecule has 0 spiro atoms. The first kappa shape index (κ1) is 27.2. The molecule has 0 rings (SSSR count). The van der Waals surface area contributed by atoms with Gasteiger partial charge in [-0.05, 0) is 19.8 Å². The third-order valence-electron chi connectivity index (χ3n) is 5.65. The maximum absolute atomic E-state index is 11.4. The Labute approximate surface area is 176 Å². The quantitative estimate of drug-likeness (QED) is 0.0953. The minimum Gasteiger partial charge on any atom is -0.456 e. The van der Waals surface area contributed by atoms with Gasteiger partial charge in [-0.15, -0.1) is 0 Å². The Morgan fingerprint density at radius 2 is 1.11 bits per heavy atom. The van der Waals surface area contributed by atoms with E-state index in [0.717, 1.165) is 17.6 Å². The van der Waals surface area contributed by atoms with Gasteiger partial charge in [-0.3, -0.25) is 0 Å². The molecule has 0 unspecified atom stereocenters. The molecule has 0 aromatic rings. The lowest BCUT2D eigenvalue weighted by Crippen LogP contribution is -2.43. The van der Waals surface area contributed by atoms with Gasteiger partial charge in [0.1, 0.15) is 13.2 Å². The SMILES string of the molecule is C=C(C)C(=O)OCC[N+](C)(C)CCCCCCCCCCCCCCCCC.